The molecule has 0 bridgehead atoms. The maximum Gasteiger partial charge on any atom is 0.252 e. The highest BCUT2D eigenvalue weighted by atomic mass is 16.5. The topological polar surface area (TPSA) is 62.1 Å². The van der Waals surface area contributed by atoms with Crippen LogP contribution in [0.15, 0.2) is 24.3 Å². The van der Waals surface area contributed by atoms with Crippen molar-refractivity contribution in [2.24, 2.45) is 0 Å². The van der Waals surface area contributed by atoms with Gasteiger partial charge in [-0.05, 0) is 31.5 Å². The highest BCUT2D eigenvalue weighted by Crippen LogP contribution is 2.13. The third-order valence-corrected chi connectivity index (χ3v) is 2.45. The number of nitrogens with one attached hydrogen (secondary N) is 1. The number of ether oxygens (including phenoxy) is 1. The Morgan fingerprint density at radius 2 is 2.28 bits per heavy atom. The van der Waals surface area contributed by atoms with Gasteiger partial charge in [0.25, 0.3) is 5.91 Å². The van der Waals surface area contributed by atoms with E-state index >= 15 is 0 Å². The van der Waals surface area contributed by atoms with E-state index < -0.39 is 6.04 Å². The lowest BCUT2D eigenvalue weighted by atomic mass is 10.1. The quantitative estimate of drug-likeness (QED) is 0.838. The van der Waals surface area contributed by atoms with Gasteiger partial charge in [0, 0.05) is 5.56 Å². The van der Waals surface area contributed by atoms with Crippen molar-refractivity contribution in [3.05, 3.63) is 29.8 Å². The molecule has 18 heavy (non-hydrogen) atoms. The van der Waals surface area contributed by atoms with Gasteiger partial charge in [0.2, 0.25) is 0 Å². The van der Waals surface area contributed by atoms with Gasteiger partial charge in [-0.3, -0.25) is 4.79 Å². The number of rotatable bonds is 6. The Bertz CT molecular complexity index is 438. The summed E-state index contributed by atoms with van der Waals surface area (Å²) in [5, 5.41) is 11.6. The number of amides is 1. The zero-order chi connectivity index (χ0) is 13.4. The zero-order valence-electron chi connectivity index (χ0n) is 10.8. The first kappa shape index (κ1) is 14.0. The summed E-state index contributed by atoms with van der Waals surface area (Å²) in [6.07, 6.45) is 1.52. The minimum absolute atomic E-state index is 0.239. The van der Waals surface area contributed by atoms with E-state index in [1.54, 1.807) is 24.3 Å². The lowest BCUT2D eigenvalue weighted by molar-refractivity contribution is 0.0943. The Balaban J connectivity index is 2.71. The number of carbonyl (C=O) groups excluding carboxylic acids is 1. The Kier molecular flexibility index (Phi) is 5.72. The summed E-state index contributed by atoms with van der Waals surface area (Å²) in [6, 6.07) is 8.60. The second kappa shape index (κ2) is 7.33. The minimum Gasteiger partial charge on any atom is -0.494 e. The van der Waals surface area contributed by atoms with E-state index in [1.165, 1.54) is 0 Å². The van der Waals surface area contributed by atoms with Crippen LogP contribution in [0.25, 0.3) is 0 Å². The van der Waals surface area contributed by atoms with Crippen LogP contribution in [-0.4, -0.2) is 18.6 Å². The molecule has 4 heteroatoms. The molecule has 1 N–H and O–H groups in total. The average molecular weight is 246 g/mol. The Morgan fingerprint density at radius 3 is 2.89 bits per heavy atom. The summed E-state index contributed by atoms with van der Waals surface area (Å²) in [7, 11) is 0. The summed E-state index contributed by atoms with van der Waals surface area (Å²) in [5.41, 5.74) is 0.511. The molecule has 1 amide bonds. The van der Waals surface area contributed by atoms with E-state index in [0.29, 0.717) is 24.3 Å². The van der Waals surface area contributed by atoms with Gasteiger partial charge in [0.05, 0.1) is 12.7 Å². The molecule has 0 aromatic heterocycles. The molecule has 0 spiro atoms. The summed E-state index contributed by atoms with van der Waals surface area (Å²) >= 11 is 0. The van der Waals surface area contributed by atoms with Crippen LogP contribution in [0.4, 0.5) is 0 Å². The van der Waals surface area contributed by atoms with E-state index in [9.17, 15) is 4.79 Å². The highest BCUT2D eigenvalue weighted by Gasteiger charge is 2.12. The molecule has 0 aliphatic carbocycles. The molecular formula is C14H18N2O2. The molecule has 1 aromatic rings. The number of carbonyl (C=O) groups is 1. The minimum atomic E-state index is -0.432. The lowest BCUT2D eigenvalue weighted by Gasteiger charge is -2.11. The van der Waals surface area contributed by atoms with E-state index in [2.05, 4.69) is 11.4 Å². The van der Waals surface area contributed by atoms with Crippen LogP contribution in [0.1, 0.15) is 37.0 Å². The fourth-order valence-electron chi connectivity index (χ4n) is 1.59. The summed E-state index contributed by atoms with van der Waals surface area (Å²) in [4.78, 5) is 11.9. The van der Waals surface area contributed by atoms with Gasteiger partial charge >= 0.3 is 0 Å². The SMILES string of the molecule is CCC[C@@H](C#N)NC(=O)c1cccc(OCC)c1. The maximum absolute atomic E-state index is 11.9. The summed E-state index contributed by atoms with van der Waals surface area (Å²) in [6.45, 7) is 4.42. The molecule has 0 saturated heterocycles. The third kappa shape index (κ3) is 4.10. The van der Waals surface area contributed by atoms with Crippen LogP contribution >= 0.6 is 0 Å². The Labute approximate surface area is 108 Å². The predicted molar refractivity (Wildman–Crippen MR) is 69.4 cm³/mol. The van der Waals surface area contributed by atoms with Gasteiger partial charge in [-0.1, -0.05) is 19.4 Å². The molecule has 1 atom stereocenters. The molecule has 1 aromatic carbocycles. The van der Waals surface area contributed by atoms with Crippen molar-refractivity contribution in [1.29, 1.82) is 5.26 Å². The second-order valence-electron chi connectivity index (χ2n) is 3.90. The van der Waals surface area contributed by atoms with Crippen LogP contribution in [0.2, 0.25) is 0 Å². The molecule has 0 unspecified atom stereocenters. The van der Waals surface area contributed by atoms with E-state index in [1.807, 2.05) is 13.8 Å². The monoisotopic (exact) mass is 246 g/mol. The number of hydrogen-bond acceptors (Lipinski definition) is 3. The molecule has 0 aliphatic rings. The summed E-state index contributed by atoms with van der Waals surface area (Å²) in [5.74, 6) is 0.422. The van der Waals surface area contributed by atoms with Crippen molar-refractivity contribution in [1.82, 2.24) is 5.32 Å². The molecule has 0 radical (unpaired) electrons. The normalized spacial score (nSPS) is 11.4. The number of nitrogens with zero attached hydrogens (tertiary/aromatic N) is 1. The fourth-order valence-corrected chi connectivity index (χ4v) is 1.59. The lowest BCUT2D eigenvalue weighted by Crippen LogP contribution is -2.33. The second-order valence-corrected chi connectivity index (χ2v) is 3.90. The number of hydrogen-bond donors (Lipinski definition) is 1. The van der Waals surface area contributed by atoms with E-state index in [4.69, 9.17) is 10.00 Å². The van der Waals surface area contributed by atoms with Gasteiger partial charge in [-0.2, -0.15) is 5.26 Å². The molecule has 0 heterocycles. The van der Waals surface area contributed by atoms with Crippen LogP contribution in [0.3, 0.4) is 0 Å². The first-order valence-corrected chi connectivity index (χ1v) is 6.14. The van der Waals surface area contributed by atoms with Crippen molar-refractivity contribution >= 4 is 5.91 Å². The third-order valence-electron chi connectivity index (χ3n) is 2.45. The van der Waals surface area contributed by atoms with Crippen LogP contribution < -0.4 is 10.1 Å². The molecule has 0 fully saturated rings. The number of benzene rings is 1. The maximum atomic E-state index is 11.9. The van der Waals surface area contributed by atoms with Crippen LogP contribution in [0, 0.1) is 11.3 Å². The largest absolute Gasteiger partial charge is 0.494 e. The summed E-state index contributed by atoms with van der Waals surface area (Å²) < 4.78 is 5.33. The van der Waals surface area contributed by atoms with Crippen molar-refractivity contribution in [3.63, 3.8) is 0 Å². The van der Waals surface area contributed by atoms with E-state index in [-0.39, 0.29) is 5.91 Å². The first-order chi connectivity index (χ1) is 8.71. The van der Waals surface area contributed by atoms with Crippen LogP contribution in [-0.2, 0) is 0 Å². The van der Waals surface area contributed by atoms with Crippen molar-refractivity contribution in [3.8, 4) is 11.8 Å². The Morgan fingerprint density at radius 1 is 1.50 bits per heavy atom. The first-order valence-electron chi connectivity index (χ1n) is 6.14. The van der Waals surface area contributed by atoms with Crippen molar-refractivity contribution in [2.45, 2.75) is 32.7 Å². The van der Waals surface area contributed by atoms with Crippen molar-refractivity contribution in [2.75, 3.05) is 6.61 Å². The predicted octanol–water partition coefficient (Wildman–Crippen LogP) is 2.51. The molecule has 0 saturated carbocycles. The fraction of sp³-hybridized carbons (Fsp3) is 0.429. The molecular weight excluding hydrogens is 228 g/mol. The highest BCUT2D eigenvalue weighted by molar-refractivity contribution is 5.94. The molecule has 4 nitrogen and oxygen atoms in total. The van der Waals surface area contributed by atoms with Gasteiger partial charge in [0.15, 0.2) is 0 Å². The smallest absolute Gasteiger partial charge is 0.252 e. The standard InChI is InChI=1S/C14H18N2O2/c1-3-6-12(10-15)16-14(17)11-7-5-8-13(9-11)18-4-2/h5,7-9,12H,3-4,6H2,1-2H3,(H,16,17)/t12-/m0/s1. The van der Waals surface area contributed by atoms with Gasteiger partial charge < -0.3 is 10.1 Å². The molecule has 96 valence electrons. The molecule has 1 rings (SSSR count). The van der Waals surface area contributed by atoms with E-state index in [0.717, 1.165) is 6.42 Å². The average Bonchev–Trinajstić information content (AvgIpc) is 2.39. The molecule has 0 aliphatic heterocycles. The van der Waals surface area contributed by atoms with Gasteiger partial charge in [-0.15, -0.1) is 0 Å². The van der Waals surface area contributed by atoms with Crippen LogP contribution in [0.5, 0.6) is 5.75 Å². The van der Waals surface area contributed by atoms with Crippen molar-refractivity contribution < 1.29 is 9.53 Å². The van der Waals surface area contributed by atoms with Gasteiger partial charge in [0.1, 0.15) is 11.8 Å². The van der Waals surface area contributed by atoms with Gasteiger partial charge in [-0.25, -0.2) is 0 Å². The Hall–Kier alpha value is -2.02. The zero-order valence-corrected chi connectivity index (χ0v) is 10.8. The number of nitriles is 1.